The van der Waals surface area contributed by atoms with Crippen molar-refractivity contribution in [3.8, 4) is 0 Å². The predicted octanol–water partition coefficient (Wildman–Crippen LogP) is 0.563. The summed E-state index contributed by atoms with van der Waals surface area (Å²) in [5.41, 5.74) is -0.0864. The van der Waals surface area contributed by atoms with Crippen LogP contribution in [-0.2, 0) is 11.2 Å². The molecule has 0 aliphatic carbocycles. The summed E-state index contributed by atoms with van der Waals surface area (Å²) in [6.45, 7) is 0.573. The molecule has 1 heterocycles. The Kier molecular flexibility index (Phi) is 3.67. The molecule has 0 spiro atoms. The Bertz CT molecular complexity index is 311. The Morgan fingerprint density at radius 1 is 1.75 bits per heavy atom. The Morgan fingerprint density at radius 3 is 3.08 bits per heavy atom. The Balaban J connectivity index is 2.76. The van der Waals surface area contributed by atoms with Crippen molar-refractivity contribution in [1.82, 2.24) is 9.97 Å². The normalized spacial score (nSPS) is 10.2. The quantitative estimate of drug-likeness (QED) is 0.823. The van der Waals surface area contributed by atoms with E-state index >= 15 is 0 Å². The molecule has 0 aliphatic heterocycles. The second-order valence-electron chi connectivity index (χ2n) is 2.25. The summed E-state index contributed by atoms with van der Waals surface area (Å²) in [5, 5.41) is 0. The van der Waals surface area contributed by atoms with Gasteiger partial charge in [0.05, 0.1) is 10.2 Å². The number of aromatic nitrogens is 2. The predicted molar refractivity (Wildman–Crippen MR) is 53.2 cm³/mol. The first-order chi connectivity index (χ1) is 5.74. The Labute approximate surface area is 83.5 Å². The number of ether oxygens (including phenoxy) is 1. The van der Waals surface area contributed by atoms with Crippen LogP contribution >= 0.6 is 22.6 Å². The lowest BCUT2D eigenvalue weighted by Gasteiger charge is -1.98. The largest absolute Gasteiger partial charge is 0.384 e. The van der Waals surface area contributed by atoms with Crippen molar-refractivity contribution < 1.29 is 4.74 Å². The van der Waals surface area contributed by atoms with E-state index in [0.29, 0.717) is 22.4 Å². The van der Waals surface area contributed by atoms with Gasteiger partial charge in [0.2, 0.25) is 0 Å². The molecular formula is C7H9IN2O2. The van der Waals surface area contributed by atoms with E-state index in [1.165, 1.54) is 0 Å². The number of methoxy groups -OCH3 is 1. The van der Waals surface area contributed by atoms with Crippen molar-refractivity contribution in [1.29, 1.82) is 0 Å². The van der Waals surface area contributed by atoms with Crippen LogP contribution in [0.4, 0.5) is 0 Å². The summed E-state index contributed by atoms with van der Waals surface area (Å²) in [7, 11) is 1.62. The fraction of sp³-hybridized carbons (Fsp3) is 0.429. The lowest BCUT2D eigenvalue weighted by atomic mass is 10.4. The molecule has 0 amide bonds. The van der Waals surface area contributed by atoms with E-state index < -0.39 is 0 Å². The third kappa shape index (κ3) is 2.56. The zero-order chi connectivity index (χ0) is 8.97. The van der Waals surface area contributed by atoms with Crippen molar-refractivity contribution in [2.75, 3.05) is 13.7 Å². The zero-order valence-corrected chi connectivity index (χ0v) is 8.79. The van der Waals surface area contributed by atoms with Crippen LogP contribution in [-0.4, -0.2) is 23.7 Å². The molecule has 5 heteroatoms. The van der Waals surface area contributed by atoms with Crippen LogP contribution in [0.2, 0.25) is 0 Å². The molecule has 1 rings (SSSR count). The minimum Gasteiger partial charge on any atom is -0.384 e. The molecule has 66 valence electrons. The van der Waals surface area contributed by atoms with Crippen LogP contribution < -0.4 is 5.56 Å². The molecule has 0 fully saturated rings. The first-order valence-electron chi connectivity index (χ1n) is 3.46. The molecule has 0 atom stereocenters. The summed E-state index contributed by atoms with van der Waals surface area (Å²) >= 11 is 1.94. The maximum Gasteiger partial charge on any atom is 0.264 e. The number of hydrogen-bond donors (Lipinski definition) is 1. The number of H-pyrrole nitrogens is 1. The Morgan fingerprint density at radius 2 is 2.50 bits per heavy atom. The van der Waals surface area contributed by atoms with Crippen molar-refractivity contribution in [3.63, 3.8) is 0 Å². The molecular weight excluding hydrogens is 271 g/mol. The number of nitrogens with one attached hydrogen (secondary N) is 1. The minimum absolute atomic E-state index is 0.0864. The van der Waals surface area contributed by atoms with E-state index in [2.05, 4.69) is 9.97 Å². The highest BCUT2D eigenvalue weighted by Crippen LogP contribution is 1.94. The molecule has 12 heavy (non-hydrogen) atoms. The van der Waals surface area contributed by atoms with Crippen LogP contribution in [0.15, 0.2) is 11.0 Å². The van der Waals surface area contributed by atoms with E-state index in [4.69, 9.17) is 4.74 Å². The highest BCUT2D eigenvalue weighted by Gasteiger charge is 1.98. The van der Waals surface area contributed by atoms with Crippen LogP contribution in [0.3, 0.4) is 0 Å². The summed E-state index contributed by atoms with van der Waals surface area (Å²) in [6.07, 6.45) is 2.20. The number of rotatable bonds is 3. The molecule has 1 N–H and O–H groups in total. The second-order valence-corrected chi connectivity index (χ2v) is 3.41. The average molecular weight is 280 g/mol. The minimum atomic E-state index is -0.0864. The SMILES string of the molecule is COCCc1ncc(I)c(=O)[nH]1. The van der Waals surface area contributed by atoms with E-state index in [-0.39, 0.29) is 5.56 Å². The van der Waals surface area contributed by atoms with Gasteiger partial charge in [-0.25, -0.2) is 4.98 Å². The number of hydrogen-bond acceptors (Lipinski definition) is 3. The molecule has 4 nitrogen and oxygen atoms in total. The fourth-order valence-electron chi connectivity index (χ4n) is 0.742. The van der Waals surface area contributed by atoms with Gasteiger partial charge in [-0.05, 0) is 22.6 Å². The van der Waals surface area contributed by atoms with Gasteiger partial charge in [0.15, 0.2) is 0 Å². The highest BCUT2D eigenvalue weighted by molar-refractivity contribution is 14.1. The van der Waals surface area contributed by atoms with Gasteiger partial charge >= 0.3 is 0 Å². The van der Waals surface area contributed by atoms with Crippen LogP contribution in [0.5, 0.6) is 0 Å². The average Bonchev–Trinajstić information content (AvgIpc) is 2.07. The number of halogens is 1. The fourth-order valence-corrected chi connectivity index (χ4v) is 1.02. The van der Waals surface area contributed by atoms with Crippen molar-refractivity contribution in [2.45, 2.75) is 6.42 Å². The smallest absolute Gasteiger partial charge is 0.264 e. The van der Waals surface area contributed by atoms with Gasteiger partial charge in [-0.2, -0.15) is 0 Å². The van der Waals surface area contributed by atoms with E-state index in [1.54, 1.807) is 13.3 Å². The van der Waals surface area contributed by atoms with E-state index in [1.807, 2.05) is 22.6 Å². The first kappa shape index (κ1) is 9.66. The Hall–Kier alpha value is -0.430. The topological polar surface area (TPSA) is 55.0 Å². The van der Waals surface area contributed by atoms with E-state index in [0.717, 1.165) is 0 Å². The summed E-state index contributed by atoms with van der Waals surface area (Å²) in [6, 6.07) is 0. The van der Waals surface area contributed by atoms with Gasteiger partial charge in [-0.3, -0.25) is 4.79 Å². The monoisotopic (exact) mass is 280 g/mol. The molecule has 0 radical (unpaired) electrons. The highest BCUT2D eigenvalue weighted by atomic mass is 127. The third-order valence-electron chi connectivity index (χ3n) is 1.35. The van der Waals surface area contributed by atoms with Crippen molar-refractivity contribution in [2.24, 2.45) is 0 Å². The lowest BCUT2D eigenvalue weighted by Crippen LogP contribution is -2.14. The standard InChI is InChI=1S/C7H9IN2O2/c1-12-3-2-6-9-4-5(8)7(11)10-6/h4H,2-3H2,1H3,(H,9,10,11). The summed E-state index contributed by atoms with van der Waals surface area (Å²) in [4.78, 5) is 17.7. The first-order valence-corrected chi connectivity index (χ1v) is 4.54. The van der Waals surface area contributed by atoms with Gasteiger partial charge in [-0.1, -0.05) is 0 Å². The van der Waals surface area contributed by atoms with Crippen LogP contribution in [0.25, 0.3) is 0 Å². The van der Waals surface area contributed by atoms with Crippen molar-refractivity contribution in [3.05, 3.63) is 25.9 Å². The molecule has 1 aromatic rings. The third-order valence-corrected chi connectivity index (χ3v) is 2.12. The van der Waals surface area contributed by atoms with Gasteiger partial charge in [0, 0.05) is 19.7 Å². The maximum absolute atomic E-state index is 11.1. The van der Waals surface area contributed by atoms with Gasteiger partial charge in [-0.15, -0.1) is 0 Å². The molecule has 1 aromatic heterocycles. The summed E-state index contributed by atoms with van der Waals surface area (Å²) < 4.78 is 5.46. The molecule has 0 bridgehead atoms. The van der Waals surface area contributed by atoms with Gasteiger partial charge in [0.1, 0.15) is 5.82 Å². The van der Waals surface area contributed by atoms with Gasteiger partial charge < -0.3 is 9.72 Å². The number of aromatic amines is 1. The number of nitrogens with zero attached hydrogens (tertiary/aromatic N) is 1. The lowest BCUT2D eigenvalue weighted by molar-refractivity contribution is 0.200. The van der Waals surface area contributed by atoms with Crippen molar-refractivity contribution >= 4 is 22.6 Å². The second kappa shape index (κ2) is 4.56. The molecule has 0 aliphatic rings. The maximum atomic E-state index is 11.1. The van der Waals surface area contributed by atoms with Crippen LogP contribution in [0, 0.1) is 3.57 Å². The van der Waals surface area contributed by atoms with Gasteiger partial charge in [0.25, 0.3) is 5.56 Å². The molecule has 0 saturated heterocycles. The molecule has 0 unspecified atom stereocenters. The van der Waals surface area contributed by atoms with Crippen LogP contribution in [0.1, 0.15) is 5.82 Å². The molecule has 0 saturated carbocycles. The van der Waals surface area contributed by atoms with E-state index in [9.17, 15) is 4.79 Å². The zero-order valence-electron chi connectivity index (χ0n) is 6.63. The molecule has 0 aromatic carbocycles. The summed E-state index contributed by atoms with van der Waals surface area (Å²) in [5.74, 6) is 0.669.